The van der Waals surface area contributed by atoms with Crippen molar-refractivity contribution in [3.05, 3.63) is 29.1 Å². The second kappa shape index (κ2) is 4.40. The molecule has 1 aromatic carbocycles. The minimum atomic E-state index is -0.522. The van der Waals surface area contributed by atoms with Crippen LogP contribution in [0.1, 0.15) is 11.1 Å². The van der Waals surface area contributed by atoms with Crippen molar-refractivity contribution >= 4 is 22.5 Å². The van der Waals surface area contributed by atoms with Gasteiger partial charge in [-0.3, -0.25) is 0 Å². The third-order valence-electron chi connectivity index (χ3n) is 1.49. The summed E-state index contributed by atoms with van der Waals surface area (Å²) in [5.41, 5.74) is 0.342. The molecule has 68 valence electrons. The van der Waals surface area contributed by atoms with Gasteiger partial charge in [0.2, 0.25) is 0 Å². The highest BCUT2D eigenvalue weighted by molar-refractivity contribution is 8.68. The van der Waals surface area contributed by atoms with Gasteiger partial charge in [0.25, 0.3) is 0 Å². The topological polar surface area (TPSA) is 44.0 Å². The number of benzene rings is 1. The van der Waals surface area contributed by atoms with Crippen LogP contribution < -0.4 is 0 Å². The standard InChI is InChI=1S/C8H6FNOS2/c9-7-1-5(3-10)8(11)6(2-7)4-13-12/h1-2,11-12H,4H2. The van der Waals surface area contributed by atoms with E-state index < -0.39 is 5.82 Å². The first-order valence-corrected chi connectivity index (χ1v) is 5.40. The Labute approximate surface area is 84.2 Å². The first kappa shape index (κ1) is 10.2. The van der Waals surface area contributed by atoms with Gasteiger partial charge >= 0.3 is 0 Å². The summed E-state index contributed by atoms with van der Waals surface area (Å²) in [4.78, 5) is 0. The Morgan fingerprint density at radius 2 is 2.31 bits per heavy atom. The van der Waals surface area contributed by atoms with Gasteiger partial charge in [-0.2, -0.15) is 5.26 Å². The first-order valence-electron chi connectivity index (χ1n) is 3.37. The van der Waals surface area contributed by atoms with Crippen LogP contribution in [0.5, 0.6) is 5.75 Å². The maximum Gasteiger partial charge on any atom is 0.137 e. The fourth-order valence-corrected chi connectivity index (χ4v) is 1.70. The Kier molecular flexibility index (Phi) is 3.46. The fraction of sp³-hybridized carbons (Fsp3) is 0.125. The van der Waals surface area contributed by atoms with Gasteiger partial charge in [0, 0.05) is 11.3 Å². The molecule has 0 aliphatic rings. The van der Waals surface area contributed by atoms with E-state index in [9.17, 15) is 9.50 Å². The minimum Gasteiger partial charge on any atom is -0.506 e. The molecule has 1 aromatic rings. The summed E-state index contributed by atoms with van der Waals surface area (Å²) < 4.78 is 12.8. The zero-order chi connectivity index (χ0) is 9.84. The van der Waals surface area contributed by atoms with E-state index in [4.69, 9.17) is 5.26 Å². The smallest absolute Gasteiger partial charge is 0.137 e. The van der Waals surface area contributed by atoms with Gasteiger partial charge in [-0.25, -0.2) is 4.39 Å². The zero-order valence-corrected chi connectivity index (χ0v) is 8.20. The SMILES string of the molecule is N#Cc1cc(F)cc(CSS)c1O. The minimum absolute atomic E-state index is 0.0441. The summed E-state index contributed by atoms with van der Waals surface area (Å²) in [5.74, 6) is -0.321. The molecule has 0 aliphatic heterocycles. The van der Waals surface area contributed by atoms with Gasteiger partial charge in [0.05, 0.1) is 5.56 Å². The van der Waals surface area contributed by atoms with Crippen molar-refractivity contribution in [3.63, 3.8) is 0 Å². The molecule has 0 aliphatic carbocycles. The lowest BCUT2D eigenvalue weighted by molar-refractivity contribution is 0.466. The van der Waals surface area contributed by atoms with Crippen LogP contribution in [0.3, 0.4) is 0 Å². The van der Waals surface area contributed by atoms with Crippen molar-refractivity contribution in [1.82, 2.24) is 0 Å². The molecule has 5 heteroatoms. The van der Waals surface area contributed by atoms with Crippen LogP contribution in [-0.4, -0.2) is 5.11 Å². The van der Waals surface area contributed by atoms with Crippen molar-refractivity contribution in [3.8, 4) is 11.8 Å². The molecule has 0 fully saturated rings. The van der Waals surface area contributed by atoms with E-state index in [-0.39, 0.29) is 11.3 Å². The number of nitriles is 1. The Morgan fingerprint density at radius 3 is 2.85 bits per heavy atom. The van der Waals surface area contributed by atoms with E-state index in [1.54, 1.807) is 6.07 Å². The number of halogens is 1. The van der Waals surface area contributed by atoms with Gasteiger partial charge in [-0.15, -0.1) is 11.7 Å². The molecular formula is C8H6FNOS2. The monoisotopic (exact) mass is 215 g/mol. The Bertz CT molecular complexity index is 362. The third kappa shape index (κ3) is 2.29. The molecule has 1 N–H and O–H groups in total. The fourth-order valence-electron chi connectivity index (χ4n) is 0.920. The summed E-state index contributed by atoms with van der Waals surface area (Å²) in [7, 11) is 1.16. The van der Waals surface area contributed by atoms with Crippen molar-refractivity contribution in [2.45, 2.75) is 5.75 Å². The molecule has 0 radical (unpaired) electrons. The molecule has 0 aromatic heterocycles. The lowest BCUT2D eigenvalue weighted by Gasteiger charge is -2.03. The molecule has 0 heterocycles. The van der Waals surface area contributed by atoms with Crippen LogP contribution in [-0.2, 0) is 5.75 Å². The predicted molar refractivity (Wildman–Crippen MR) is 53.1 cm³/mol. The van der Waals surface area contributed by atoms with Gasteiger partial charge in [0.1, 0.15) is 17.6 Å². The molecule has 0 atom stereocenters. The zero-order valence-electron chi connectivity index (χ0n) is 6.49. The number of rotatable bonds is 2. The first-order chi connectivity index (χ1) is 6.19. The molecule has 2 nitrogen and oxygen atoms in total. The van der Waals surface area contributed by atoms with Crippen molar-refractivity contribution < 1.29 is 9.50 Å². The van der Waals surface area contributed by atoms with Crippen molar-refractivity contribution in [1.29, 1.82) is 5.26 Å². The lowest BCUT2D eigenvalue weighted by Crippen LogP contribution is -1.88. The van der Waals surface area contributed by atoms with Gasteiger partial charge < -0.3 is 5.11 Å². The average molecular weight is 215 g/mol. The Balaban J connectivity index is 3.21. The Morgan fingerprint density at radius 1 is 1.62 bits per heavy atom. The van der Waals surface area contributed by atoms with E-state index in [2.05, 4.69) is 11.7 Å². The summed E-state index contributed by atoms with van der Waals surface area (Å²) in [5, 5.41) is 17.9. The Hall–Kier alpha value is -0.860. The maximum atomic E-state index is 12.8. The van der Waals surface area contributed by atoms with Gasteiger partial charge in [-0.1, -0.05) is 10.8 Å². The second-order valence-corrected chi connectivity index (χ2v) is 3.67. The average Bonchev–Trinajstić information content (AvgIpc) is 2.11. The summed E-state index contributed by atoms with van der Waals surface area (Å²) >= 11 is 3.88. The van der Waals surface area contributed by atoms with E-state index >= 15 is 0 Å². The van der Waals surface area contributed by atoms with Crippen LogP contribution in [0.2, 0.25) is 0 Å². The summed E-state index contributed by atoms with van der Waals surface area (Å²) in [6.45, 7) is 0. The van der Waals surface area contributed by atoms with Crippen LogP contribution in [0.4, 0.5) is 4.39 Å². The molecule has 0 bridgehead atoms. The van der Waals surface area contributed by atoms with Crippen molar-refractivity contribution in [2.24, 2.45) is 0 Å². The number of phenolic OH excluding ortho intramolecular Hbond substituents is 1. The predicted octanol–water partition coefficient (Wildman–Crippen LogP) is 2.48. The molecule has 0 spiro atoms. The molecule has 1 rings (SSSR count). The molecule has 0 saturated carbocycles. The molecule has 0 amide bonds. The van der Waals surface area contributed by atoms with E-state index in [0.29, 0.717) is 11.3 Å². The lowest BCUT2D eigenvalue weighted by atomic mass is 10.1. The molecule has 0 saturated heterocycles. The highest BCUT2D eigenvalue weighted by Crippen LogP contribution is 2.27. The van der Waals surface area contributed by atoms with E-state index in [1.165, 1.54) is 6.07 Å². The third-order valence-corrected chi connectivity index (χ3v) is 2.32. The summed E-state index contributed by atoms with van der Waals surface area (Å²) in [6, 6.07) is 3.91. The number of phenols is 1. The van der Waals surface area contributed by atoms with Crippen LogP contribution in [0.25, 0.3) is 0 Å². The van der Waals surface area contributed by atoms with Crippen LogP contribution in [0, 0.1) is 17.1 Å². The number of thiol groups is 1. The van der Waals surface area contributed by atoms with Crippen LogP contribution in [0.15, 0.2) is 12.1 Å². The molecular weight excluding hydrogens is 209 g/mol. The van der Waals surface area contributed by atoms with Crippen LogP contribution >= 0.6 is 22.5 Å². The number of hydrogen-bond acceptors (Lipinski definition) is 4. The largest absolute Gasteiger partial charge is 0.506 e. The van der Waals surface area contributed by atoms with Gasteiger partial charge in [-0.05, 0) is 12.1 Å². The maximum absolute atomic E-state index is 12.8. The number of nitrogens with zero attached hydrogens (tertiary/aromatic N) is 1. The quantitative estimate of drug-likeness (QED) is 0.588. The van der Waals surface area contributed by atoms with Crippen molar-refractivity contribution in [2.75, 3.05) is 0 Å². The number of hydrogen-bond donors (Lipinski definition) is 2. The highest BCUT2D eigenvalue weighted by Gasteiger charge is 2.09. The molecule has 0 unspecified atom stereocenters. The number of aromatic hydroxyl groups is 1. The molecule has 13 heavy (non-hydrogen) atoms. The second-order valence-electron chi connectivity index (χ2n) is 2.35. The van der Waals surface area contributed by atoms with E-state index in [0.717, 1.165) is 16.9 Å². The van der Waals surface area contributed by atoms with Gasteiger partial charge in [0.15, 0.2) is 0 Å². The summed E-state index contributed by atoms with van der Waals surface area (Å²) in [6.07, 6.45) is 0. The van der Waals surface area contributed by atoms with E-state index in [1.807, 2.05) is 0 Å². The normalized spacial score (nSPS) is 9.62. The highest BCUT2D eigenvalue weighted by atomic mass is 33.1.